The van der Waals surface area contributed by atoms with Gasteiger partial charge in [0.15, 0.2) is 0 Å². The predicted molar refractivity (Wildman–Crippen MR) is 100 cm³/mol. The van der Waals surface area contributed by atoms with Crippen LogP contribution >= 0.6 is 0 Å². The highest BCUT2D eigenvalue weighted by Gasteiger charge is 2.39. The Morgan fingerprint density at radius 2 is 1.93 bits per heavy atom. The minimum Gasteiger partial charge on any atom is -0.481 e. The highest BCUT2D eigenvalue weighted by atomic mass is 19.3. The van der Waals surface area contributed by atoms with Gasteiger partial charge in [-0.05, 0) is 12.8 Å². The molecule has 1 aromatic carbocycles. The zero-order valence-electron chi connectivity index (χ0n) is 15.6. The molecule has 2 amide bonds. The zero-order valence-corrected chi connectivity index (χ0v) is 15.6. The molecule has 28 heavy (non-hydrogen) atoms. The molecule has 0 aliphatic carbocycles. The number of nitrogens with zero attached hydrogens (tertiary/aromatic N) is 1. The number of rotatable bonds is 11. The van der Waals surface area contributed by atoms with Gasteiger partial charge in [0.1, 0.15) is 6.10 Å². The minimum atomic E-state index is -3.43. The smallest absolute Gasteiger partial charge is 0.318 e. The molecule has 3 N–H and O–H groups in total. The van der Waals surface area contributed by atoms with Crippen molar-refractivity contribution in [3.05, 3.63) is 48.0 Å². The Hall–Kier alpha value is -2.48. The fraction of sp³-hybridized carbons (Fsp3) is 0.500. The largest absolute Gasteiger partial charge is 0.481 e. The molecule has 0 radical (unpaired) electrons. The molecule has 0 bridgehead atoms. The maximum atomic E-state index is 14.3. The molecule has 0 saturated carbocycles. The lowest BCUT2D eigenvalue weighted by Gasteiger charge is -2.23. The average Bonchev–Trinajstić information content (AvgIpc) is 3.02. The number of benzene rings is 1. The number of aliphatic hydroxyl groups is 1. The van der Waals surface area contributed by atoms with E-state index >= 15 is 0 Å². The number of nitrogens with one attached hydrogen (secondary N) is 1. The number of hydrogen-bond donors (Lipinski definition) is 3. The Balaban J connectivity index is 1.87. The van der Waals surface area contributed by atoms with Crippen molar-refractivity contribution in [3.63, 3.8) is 0 Å². The van der Waals surface area contributed by atoms with E-state index in [-0.39, 0.29) is 24.6 Å². The number of carbonyl (C=O) groups is 2. The highest BCUT2D eigenvalue weighted by Crippen LogP contribution is 2.32. The molecule has 0 spiro atoms. The molecule has 1 saturated heterocycles. The molecule has 2 unspecified atom stereocenters. The minimum absolute atomic E-state index is 0.128. The second kappa shape index (κ2) is 10.2. The van der Waals surface area contributed by atoms with Gasteiger partial charge in [-0.2, -0.15) is 8.78 Å². The van der Waals surface area contributed by atoms with Crippen LogP contribution in [0.5, 0.6) is 0 Å². The topological polar surface area (TPSA) is 89.9 Å². The van der Waals surface area contributed by atoms with Gasteiger partial charge in [0.2, 0.25) is 0 Å². The average molecular weight is 396 g/mol. The Morgan fingerprint density at radius 1 is 1.25 bits per heavy atom. The molecule has 2 atom stereocenters. The van der Waals surface area contributed by atoms with E-state index in [4.69, 9.17) is 5.11 Å². The molecule has 154 valence electrons. The third kappa shape index (κ3) is 6.02. The lowest BCUT2D eigenvalue weighted by atomic mass is 10.0. The van der Waals surface area contributed by atoms with Crippen LogP contribution in [0.3, 0.4) is 0 Å². The first-order valence-electron chi connectivity index (χ1n) is 9.38. The van der Waals surface area contributed by atoms with Crippen LogP contribution in [0.1, 0.15) is 37.7 Å². The molecule has 1 heterocycles. The fourth-order valence-corrected chi connectivity index (χ4v) is 3.09. The summed E-state index contributed by atoms with van der Waals surface area (Å²) in [6.07, 6.45) is 3.42. The number of alkyl halides is 2. The Bertz CT molecular complexity index is 682. The fourth-order valence-electron chi connectivity index (χ4n) is 3.09. The number of carboxylic acid groups (broad SMARTS) is 1. The molecular formula is C20H26F2N2O4. The second-order valence-electron chi connectivity index (χ2n) is 6.82. The maximum absolute atomic E-state index is 14.3. The summed E-state index contributed by atoms with van der Waals surface area (Å²) >= 11 is 0. The van der Waals surface area contributed by atoms with Gasteiger partial charge in [-0.25, -0.2) is 4.79 Å². The summed E-state index contributed by atoms with van der Waals surface area (Å²) in [6, 6.07) is 6.42. The lowest BCUT2D eigenvalue weighted by Crippen LogP contribution is -2.35. The summed E-state index contributed by atoms with van der Waals surface area (Å²) in [5.41, 5.74) is -0.272. The number of hydrogen-bond acceptors (Lipinski definition) is 3. The van der Waals surface area contributed by atoms with Gasteiger partial charge >= 0.3 is 17.9 Å². The van der Waals surface area contributed by atoms with Crippen LogP contribution in [0.4, 0.5) is 13.6 Å². The molecule has 2 rings (SSSR count). The molecule has 1 fully saturated rings. The van der Waals surface area contributed by atoms with Gasteiger partial charge in [0.05, 0.1) is 6.04 Å². The van der Waals surface area contributed by atoms with Crippen LogP contribution in [-0.2, 0) is 10.7 Å². The highest BCUT2D eigenvalue weighted by molar-refractivity contribution is 5.77. The third-order valence-corrected chi connectivity index (χ3v) is 4.71. The van der Waals surface area contributed by atoms with E-state index in [9.17, 15) is 23.5 Å². The maximum Gasteiger partial charge on any atom is 0.318 e. The monoisotopic (exact) mass is 396 g/mol. The number of amides is 2. The number of unbranched alkanes of at least 4 members (excludes halogenated alkanes) is 3. The summed E-state index contributed by atoms with van der Waals surface area (Å²) in [6.45, 7) is 0.733. The summed E-state index contributed by atoms with van der Waals surface area (Å²) in [5, 5.41) is 21.2. The van der Waals surface area contributed by atoms with Crippen molar-refractivity contribution in [1.82, 2.24) is 10.2 Å². The Kier molecular flexibility index (Phi) is 7.92. The Morgan fingerprint density at radius 3 is 2.61 bits per heavy atom. The van der Waals surface area contributed by atoms with Crippen molar-refractivity contribution in [3.8, 4) is 0 Å². The molecule has 1 aliphatic heterocycles. The molecule has 0 aromatic heterocycles. The number of aliphatic carboxylic acids is 1. The van der Waals surface area contributed by atoms with E-state index in [1.54, 1.807) is 11.0 Å². The van der Waals surface area contributed by atoms with E-state index < -0.39 is 24.0 Å². The molecule has 8 heteroatoms. The van der Waals surface area contributed by atoms with Gasteiger partial charge in [-0.15, -0.1) is 0 Å². The van der Waals surface area contributed by atoms with Crippen molar-refractivity contribution in [2.75, 3.05) is 13.1 Å². The number of aliphatic hydroxyl groups excluding tert-OH is 1. The number of halogens is 2. The van der Waals surface area contributed by atoms with E-state index in [1.807, 2.05) is 0 Å². The summed E-state index contributed by atoms with van der Waals surface area (Å²) in [4.78, 5) is 24.0. The van der Waals surface area contributed by atoms with Gasteiger partial charge in [-0.3, -0.25) is 4.79 Å². The van der Waals surface area contributed by atoms with Gasteiger partial charge in [0, 0.05) is 25.1 Å². The molecular weight excluding hydrogens is 370 g/mol. The number of carbonyl (C=O) groups excluding carboxylic acids is 1. The quantitative estimate of drug-likeness (QED) is 0.396. The third-order valence-electron chi connectivity index (χ3n) is 4.71. The van der Waals surface area contributed by atoms with Crippen LogP contribution in [-0.4, -0.2) is 52.3 Å². The van der Waals surface area contributed by atoms with E-state index in [2.05, 4.69) is 5.32 Å². The standard InChI is InChI=1S/C20H26F2N2O4/c21-20(22,15-8-4-3-5-9-15)17(25)12-11-16-14-23-19(28)24(16)13-7-2-1-6-10-18(26)27/h3-5,8-9,11-12,16-17,25H,1-2,6-7,10,13-14H2,(H,23,28)(H,26,27). The van der Waals surface area contributed by atoms with Crippen molar-refractivity contribution < 1.29 is 28.6 Å². The van der Waals surface area contributed by atoms with Crippen molar-refractivity contribution >= 4 is 12.0 Å². The molecule has 1 aliphatic rings. The van der Waals surface area contributed by atoms with Crippen molar-refractivity contribution in [2.45, 2.75) is 50.2 Å². The van der Waals surface area contributed by atoms with Crippen LogP contribution in [0.15, 0.2) is 42.5 Å². The summed E-state index contributed by atoms with van der Waals surface area (Å²) < 4.78 is 28.7. The van der Waals surface area contributed by atoms with Gasteiger partial charge in [0.25, 0.3) is 0 Å². The Labute approximate surface area is 162 Å². The van der Waals surface area contributed by atoms with Crippen LogP contribution in [0.2, 0.25) is 0 Å². The predicted octanol–water partition coefficient (Wildman–Crippen LogP) is 3.12. The first kappa shape index (κ1) is 21.8. The van der Waals surface area contributed by atoms with Crippen molar-refractivity contribution in [1.29, 1.82) is 0 Å². The van der Waals surface area contributed by atoms with Crippen LogP contribution in [0, 0.1) is 0 Å². The SMILES string of the molecule is O=C(O)CCCCCCN1C(=O)NCC1C=CC(O)C(F)(F)c1ccccc1. The molecule has 6 nitrogen and oxygen atoms in total. The van der Waals surface area contributed by atoms with Gasteiger partial charge < -0.3 is 20.4 Å². The first-order chi connectivity index (χ1) is 13.3. The van der Waals surface area contributed by atoms with E-state index in [0.717, 1.165) is 18.9 Å². The summed E-state index contributed by atoms with van der Waals surface area (Å²) in [5.74, 6) is -4.25. The number of urea groups is 1. The van der Waals surface area contributed by atoms with Crippen LogP contribution < -0.4 is 5.32 Å². The first-order valence-corrected chi connectivity index (χ1v) is 9.38. The number of carboxylic acids is 1. The lowest BCUT2D eigenvalue weighted by molar-refractivity contribution is -0.137. The van der Waals surface area contributed by atoms with Crippen molar-refractivity contribution in [2.24, 2.45) is 0 Å². The molecule has 1 aromatic rings. The normalized spacial score (nSPS) is 18.5. The van der Waals surface area contributed by atoms with E-state index in [0.29, 0.717) is 19.4 Å². The summed E-state index contributed by atoms with van der Waals surface area (Å²) in [7, 11) is 0. The second-order valence-corrected chi connectivity index (χ2v) is 6.82. The van der Waals surface area contributed by atoms with Gasteiger partial charge in [-0.1, -0.05) is 55.3 Å². The van der Waals surface area contributed by atoms with Crippen LogP contribution in [0.25, 0.3) is 0 Å². The zero-order chi connectivity index (χ0) is 20.6. The van der Waals surface area contributed by atoms with E-state index in [1.165, 1.54) is 30.3 Å².